The van der Waals surface area contributed by atoms with Crippen LogP contribution in [0, 0.1) is 0 Å². The molecule has 0 saturated heterocycles. The average Bonchev–Trinajstić information content (AvgIpc) is 2.50. The number of hydrogen-bond acceptors (Lipinski definition) is 4. The van der Waals surface area contributed by atoms with Crippen LogP contribution in [0.15, 0.2) is 29.2 Å². The standard InChI is InChI=1S/C15H16F6N2O3S/c16-14(17,18)8-23-13(24)7-22-10-5-12(6-10)27(25,26)11-3-1-2-9(4-11)15(19,20)21/h1-4,10,12,22H,5-8H2,(H,23,24)/t10-,12-. The Bertz CT molecular complexity index is 785. The number of alkyl halides is 6. The van der Waals surface area contributed by atoms with E-state index in [2.05, 4.69) is 5.32 Å². The fourth-order valence-electron chi connectivity index (χ4n) is 2.53. The molecule has 5 nitrogen and oxygen atoms in total. The number of benzene rings is 1. The minimum absolute atomic E-state index is 0.0468. The van der Waals surface area contributed by atoms with Gasteiger partial charge >= 0.3 is 12.4 Å². The number of amides is 1. The average molecular weight is 418 g/mol. The highest BCUT2D eigenvalue weighted by molar-refractivity contribution is 7.92. The highest BCUT2D eigenvalue weighted by Crippen LogP contribution is 2.35. The molecule has 1 fully saturated rings. The lowest BCUT2D eigenvalue weighted by molar-refractivity contribution is -0.138. The smallest absolute Gasteiger partial charge is 0.346 e. The van der Waals surface area contributed by atoms with E-state index in [9.17, 15) is 39.6 Å². The second-order valence-electron chi connectivity index (χ2n) is 6.13. The summed E-state index contributed by atoms with van der Waals surface area (Å²) < 4.78 is 98.8. The predicted octanol–water partition coefficient (Wildman–Crippen LogP) is 2.28. The zero-order chi connectivity index (χ0) is 20.5. The van der Waals surface area contributed by atoms with Gasteiger partial charge in [0.2, 0.25) is 5.91 Å². The number of carbonyl (C=O) groups excluding carboxylic acids is 1. The van der Waals surface area contributed by atoms with Crippen LogP contribution in [0.2, 0.25) is 0 Å². The lowest BCUT2D eigenvalue weighted by Gasteiger charge is -2.35. The highest BCUT2D eigenvalue weighted by Gasteiger charge is 2.40. The third-order valence-corrected chi connectivity index (χ3v) is 6.23. The Kier molecular flexibility index (Phi) is 6.10. The Morgan fingerprint density at radius 2 is 1.74 bits per heavy atom. The van der Waals surface area contributed by atoms with Crippen molar-refractivity contribution in [2.45, 2.75) is 41.4 Å². The van der Waals surface area contributed by atoms with Crippen molar-refractivity contribution in [3.63, 3.8) is 0 Å². The van der Waals surface area contributed by atoms with Gasteiger partial charge in [0.1, 0.15) is 6.54 Å². The maximum Gasteiger partial charge on any atom is 0.416 e. The van der Waals surface area contributed by atoms with Crippen molar-refractivity contribution in [2.24, 2.45) is 0 Å². The monoisotopic (exact) mass is 418 g/mol. The van der Waals surface area contributed by atoms with Gasteiger partial charge in [-0.3, -0.25) is 4.79 Å². The van der Waals surface area contributed by atoms with Crippen molar-refractivity contribution < 1.29 is 39.6 Å². The summed E-state index contributed by atoms with van der Waals surface area (Å²) in [5, 5.41) is 3.36. The number of halogens is 6. The summed E-state index contributed by atoms with van der Waals surface area (Å²) in [5.74, 6) is -0.892. The Hall–Kier alpha value is -1.82. The first-order valence-corrected chi connectivity index (χ1v) is 9.31. The molecule has 0 atom stereocenters. The number of hydrogen-bond donors (Lipinski definition) is 2. The van der Waals surface area contributed by atoms with E-state index in [0.29, 0.717) is 6.07 Å². The first kappa shape index (κ1) is 21.5. The molecule has 1 aromatic rings. The number of carbonyl (C=O) groups is 1. The van der Waals surface area contributed by atoms with Gasteiger partial charge in [-0.15, -0.1) is 0 Å². The van der Waals surface area contributed by atoms with Gasteiger partial charge < -0.3 is 10.6 Å². The van der Waals surface area contributed by atoms with Crippen LogP contribution in [0.1, 0.15) is 18.4 Å². The first-order chi connectivity index (χ1) is 12.3. The van der Waals surface area contributed by atoms with Crippen LogP contribution in [0.25, 0.3) is 0 Å². The van der Waals surface area contributed by atoms with Gasteiger partial charge in [0.05, 0.1) is 22.3 Å². The molecule has 0 spiro atoms. The molecule has 12 heteroatoms. The molecule has 1 aliphatic carbocycles. The summed E-state index contributed by atoms with van der Waals surface area (Å²) in [6.45, 7) is -1.89. The number of sulfone groups is 1. The molecule has 1 amide bonds. The summed E-state index contributed by atoms with van der Waals surface area (Å²) in [4.78, 5) is 10.8. The van der Waals surface area contributed by atoms with Gasteiger partial charge in [-0.25, -0.2) is 8.42 Å². The second kappa shape index (κ2) is 7.66. The Balaban J connectivity index is 1.87. The van der Waals surface area contributed by atoms with Gasteiger partial charge in [0.25, 0.3) is 0 Å². The normalized spacial score (nSPS) is 20.8. The van der Waals surface area contributed by atoms with Crippen LogP contribution in [0.5, 0.6) is 0 Å². The molecule has 0 heterocycles. The molecule has 2 rings (SSSR count). The van der Waals surface area contributed by atoms with Crippen molar-refractivity contribution in [1.82, 2.24) is 10.6 Å². The summed E-state index contributed by atoms with van der Waals surface area (Å²) in [7, 11) is -3.98. The van der Waals surface area contributed by atoms with E-state index < -0.39 is 62.9 Å². The van der Waals surface area contributed by atoms with Gasteiger partial charge in [-0.2, -0.15) is 26.3 Å². The van der Waals surface area contributed by atoms with E-state index in [1.165, 1.54) is 0 Å². The predicted molar refractivity (Wildman–Crippen MR) is 82.5 cm³/mol. The van der Waals surface area contributed by atoms with Crippen molar-refractivity contribution in [2.75, 3.05) is 13.1 Å². The largest absolute Gasteiger partial charge is 0.416 e. The Morgan fingerprint density at radius 3 is 2.30 bits per heavy atom. The number of rotatable bonds is 6. The van der Waals surface area contributed by atoms with E-state index in [-0.39, 0.29) is 12.8 Å². The fourth-order valence-corrected chi connectivity index (χ4v) is 4.44. The van der Waals surface area contributed by atoms with E-state index in [1.807, 2.05) is 0 Å². The molecule has 0 unspecified atom stereocenters. The third-order valence-electron chi connectivity index (χ3n) is 4.06. The molecule has 27 heavy (non-hydrogen) atoms. The van der Waals surface area contributed by atoms with Gasteiger partial charge in [-0.1, -0.05) is 6.07 Å². The maximum atomic E-state index is 12.7. The molecule has 0 radical (unpaired) electrons. The lowest BCUT2D eigenvalue weighted by Crippen LogP contribution is -2.50. The topological polar surface area (TPSA) is 75.3 Å². The molecule has 1 aliphatic rings. The van der Waals surface area contributed by atoms with Crippen LogP contribution in [-0.2, 0) is 20.8 Å². The maximum absolute atomic E-state index is 12.7. The van der Waals surface area contributed by atoms with E-state index >= 15 is 0 Å². The molecule has 1 aromatic carbocycles. The molecule has 0 bridgehead atoms. The van der Waals surface area contributed by atoms with Crippen molar-refractivity contribution in [1.29, 1.82) is 0 Å². The molecular weight excluding hydrogens is 402 g/mol. The summed E-state index contributed by atoms with van der Waals surface area (Å²) in [6.07, 6.45) is -9.11. The van der Waals surface area contributed by atoms with Gasteiger partial charge in [0.15, 0.2) is 9.84 Å². The zero-order valence-corrected chi connectivity index (χ0v) is 14.5. The molecule has 152 valence electrons. The highest BCUT2D eigenvalue weighted by atomic mass is 32.2. The van der Waals surface area contributed by atoms with Crippen LogP contribution < -0.4 is 10.6 Å². The van der Waals surface area contributed by atoms with Gasteiger partial charge in [0, 0.05) is 6.04 Å². The molecular formula is C15H16F6N2O3S. The van der Waals surface area contributed by atoms with E-state index in [4.69, 9.17) is 0 Å². The van der Waals surface area contributed by atoms with Crippen molar-refractivity contribution >= 4 is 15.7 Å². The minimum Gasteiger partial charge on any atom is -0.346 e. The number of nitrogens with one attached hydrogen (secondary N) is 2. The fraction of sp³-hybridized carbons (Fsp3) is 0.533. The molecule has 1 saturated carbocycles. The second-order valence-corrected chi connectivity index (χ2v) is 8.36. The Morgan fingerprint density at radius 1 is 1.11 bits per heavy atom. The molecule has 2 N–H and O–H groups in total. The third kappa shape index (κ3) is 5.83. The SMILES string of the molecule is O=C(CN[C@H]1C[C@H](S(=O)(=O)c2cccc(C(F)(F)F)c2)C1)NCC(F)(F)F. The van der Waals surface area contributed by atoms with Crippen LogP contribution in [0.4, 0.5) is 26.3 Å². The van der Waals surface area contributed by atoms with Crippen molar-refractivity contribution in [3.05, 3.63) is 29.8 Å². The summed E-state index contributed by atoms with van der Waals surface area (Å²) >= 11 is 0. The quantitative estimate of drug-likeness (QED) is 0.696. The Labute approximate surface area is 151 Å². The minimum atomic E-state index is -4.67. The lowest BCUT2D eigenvalue weighted by atomic mass is 9.92. The molecule has 0 aromatic heterocycles. The summed E-state index contributed by atoms with van der Waals surface area (Å²) in [5.41, 5.74) is -1.07. The van der Waals surface area contributed by atoms with Crippen molar-refractivity contribution in [3.8, 4) is 0 Å². The zero-order valence-electron chi connectivity index (χ0n) is 13.7. The van der Waals surface area contributed by atoms with Gasteiger partial charge in [-0.05, 0) is 31.0 Å². The van der Waals surface area contributed by atoms with E-state index in [1.54, 1.807) is 5.32 Å². The summed E-state index contributed by atoms with van der Waals surface area (Å²) in [6, 6.07) is 3.00. The van der Waals surface area contributed by atoms with Crippen LogP contribution in [-0.4, -0.2) is 44.9 Å². The molecule has 0 aliphatic heterocycles. The van der Waals surface area contributed by atoms with E-state index in [0.717, 1.165) is 18.2 Å². The first-order valence-electron chi connectivity index (χ1n) is 7.77. The van der Waals surface area contributed by atoms with Crippen LogP contribution in [0.3, 0.4) is 0 Å². The van der Waals surface area contributed by atoms with Crippen LogP contribution >= 0.6 is 0 Å².